The summed E-state index contributed by atoms with van der Waals surface area (Å²) in [6.07, 6.45) is 2.74. The Bertz CT molecular complexity index is 598. The third-order valence-electron chi connectivity index (χ3n) is 2.74. The fraction of sp³-hybridized carbons (Fsp3) is 0.312. The van der Waals surface area contributed by atoms with Crippen LogP contribution in [0.5, 0.6) is 0 Å². The number of pyridine rings is 1. The van der Waals surface area contributed by atoms with Crippen LogP contribution in [0.2, 0.25) is 0 Å². The molecule has 2 heteroatoms. The molecule has 0 radical (unpaired) electrons. The van der Waals surface area contributed by atoms with Crippen LogP contribution >= 0.6 is 0 Å². The molecule has 0 aliphatic heterocycles. The van der Waals surface area contributed by atoms with E-state index in [9.17, 15) is 0 Å². The monoisotopic (exact) mass is 239 g/mol. The lowest BCUT2D eigenvalue weighted by Gasteiger charge is -2.22. The number of benzene rings is 1. The van der Waals surface area contributed by atoms with Crippen molar-refractivity contribution in [2.75, 3.05) is 27.7 Å². The van der Waals surface area contributed by atoms with E-state index in [4.69, 9.17) is 0 Å². The van der Waals surface area contributed by atoms with Crippen molar-refractivity contribution in [2.24, 2.45) is 0 Å². The van der Waals surface area contributed by atoms with Crippen LogP contribution in [0.15, 0.2) is 36.5 Å². The standard InChI is InChI=1S/C16H19N2/c1-18(2,3)12-5-4-7-14-9-10-16-15(13-14)8-6-11-17-16/h6,8-11,13H,5,12H2,1-3H3/q+1. The van der Waals surface area contributed by atoms with Crippen molar-refractivity contribution in [1.29, 1.82) is 0 Å². The number of rotatable bonds is 2. The average Bonchev–Trinajstić information content (AvgIpc) is 2.33. The third kappa shape index (κ3) is 3.58. The Morgan fingerprint density at radius 3 is 2.78 bits per heavy atom. The molecule has 0 unspecified atom stereocenters. The van der Waals surface area contributed by atoms with Gasteiger partial charge in [-0.2, -0.15) is 0 Å². The normalized spacial score (nSPS) is 11.1. The van der Waals surface area contributed by atoms with E-state index >= 15 is 0 Å². The highest BCUT2D eigenvalue weighted by Gasteiger charge is 2.03. The Kier molecular flexibility index (Phi) is 3.64. The first-order chi connectivity index (χ1) is 8.54. The molecule has 2 aromatic rings. The first-order valence-corrected chi connectivity index (χ1v) is 6.19. The quantitative estimate of drug-likeness (QED) is 0.580. The van der Waals surface area contributed by atoms with Gasteiger partial charge in [-0.05, 0) is 24.3 Å². The summed E-state index contributed by atoms with van der Waals surface area (Å²) >= 11 is 0. The summed E-state index contributed by atoms with van der Waals surface area (Å²) in [5.41, 5.74) is 2.09. The summed E-state index contributed by atoms with van der Waals surface area (Å²) in [5, 5.41) is 1.15. The van der Waals surface area contributed by atoms with Gasteiger partial charge in [0.05, 0.1) is 39.6 Å². The van der Waals surface area contributed by atoms with E-state index in [0.717, 1.165) is 33.9 Å². The summed E-state index contributed by atoms with van der Waals surface area (Å²) in [7, 11) is 6.55. The Balaban J connectivity index is 2.10. The Morgan fingerprint density at radius 2 is 2.00 bits per heavy atom. The van der Waals surface area contributed by atoms with Crippen molar-refractivity contribution in [1.82, 2.24) is 4.98 Å². The van der Waals surface area contributed by atoms with E-state index in [2.05, 4.69) is 50.1 Å². The van der Waals surface area contributed by atoms with Gasteiger partial charge in [0.2, 0.25) is 0 Å². The molecule has 1 aromatic carbocycles. The first-order valence-electron chi connectivity index (χ1n) is 6.19. The van der Waals surface area contributed by atoms with Crippen molar-refractivity contribution < 1.29 is 4.48 Å². The van der Waals surface area contributed by atoms with Crippen molar-refractivity contribution in [2.45, 2.75) is 6.42 Å². The molecular formula is C16H19N2+. The summed E-state index contributed by atoms with van der Waals surface area (Å²) in [6, 6.07) is 10.2. The number of nitrogens with zero attached hydrogens (tertiary/aromatic N) is 2. The minimum absolute atomic E-state index is 0.925. The molecule has 0 bridgehead atoms. The van der Waals surface area contributed by atoms with Crippen LogP contribution < -0.4 is 0 Å². The Morgan fingerprint density at radius 1 is 1.17 bits per heavy atom. The van der Waals surface area contributed by atoms with Crippen LogP contribution in [0.3, 0.4) is 0 Å². The molecule has 1 heterocycles. The van der Waals surface area contributed by atoms with Crippen molar-refractivity contribution in [3.63, 3.8) is 0 Å². The second kappa shape index (κ2) is 5.20. The van der Waals surface area contributed by atoms with Gasteiger partial charge in [-0.25, -0.2) is 0 Å². The molecule has 0 aliphatic rings. The number of aromatic nitrogens is 1. The topological polar surface area (TPSA) is 12.9 Å². The molecular weight excluding hydrogens is 220 g/mol. The maximum Gasteiger partial charge on any atom is 0.0891 e. The second-order valence-corrected chi connectivity index (χ2v) is 5.48. The predicted molar refractivity (Wildman–Crippen MR) is 76.1 cm³/mol. The lowest BCUT2D eigenvalue weighted by Crippen LogP contribution is -2.34. The van der Waals surface area contributed by atoms with E-state index in [1.165, 1.54) is 0 Å². The van der Waals surface area contributed by atoms with Crippen molar-refractivity contribution in [3.05, 3.63) is 42.1 Å². The van der Waals surface area contributed by atoms with Crippen LogP contribution in [-0.2, 0) is 0 Å². The molecule has 0 atom stereocenters. The summed E-state index contributed by atoms with van der Waals surface area (Å²) in [4.78, 5) is 4.30. The van der Waals surface area contributed by atoms with Gasteiger partial charge in [-0.1, -0.05) is 17.9 Å². The molecule has 2 rings (SSSR count). The molecule has 0 N–H and O–H groups in total. The first kappa shape index (κ1) is 12.6. The number of quaternary nitrogens is 1. The molecule has 0 amide bonds. The smallest absolute Gasteiger partial charge is 0.0891 e. The molecule has 0 saturated heterocycles. The largest absolute Gasteiger partial charge is 0.330 e. The number of hydrogen-bond acceptors (Lipinski definition) is 1. The van der Waals surface area contributed by atoms with E-state index in [-0.39, 0.29) is 0 Å². The van der Waals surface area contributed by atoms with Gasteiger partial charge in [0.25, 0.3) is 0 Å². The summed E-state index contributed by atoms with van der Waals surface area (Å²) in [5.74, 6) is 6.46. The highest BCUT2D eigenvalue weighted by molar-refractivity contribution is 5.79. The molecule has 1 aromatic heterocycles. The predicted octanol–water partition coefficient (Wildman–Crippen LogP) is 2.68. The van der Waals surface area contributed by atoms with Crippen LogP contribution in [0.1, 0.15) is 12.0 Å². The number of hydrogen-bond donors (Lipinski definition) is 0. The fourth-order valence-electron chi connectivity index (χ4n) is 1.71. The lowest BCUT2D eigenvalue weighted by molar-refractivity contribution is -0.869. The summed E-state index contributed by atoms with van der Waals surface area (Å²) < 4.78 is 0.955. The van der Waals surface area contributed by atoms with Gasteiger partial charge >= 0.3 is 0 Å². The zero-order chi connectivity index (χ0) is 13.0. The average molecular weight is 239 g/mol. The molecule has 0 aliphatic carbocycles. The zero-order valence-electron chi connectivity index (χ0n) is 11.3. The highest BCUT2D eigenvalue weighted by atomic mass is 15.3. The number of fused-ring (bicyclic) bond motifs is 1. The van der Waals surface area contributed by atoms with Crippen LogP contribution in [0.25, 0.3) is 10.9 Å². The van der Waals surface area contributed by atoms with Crippen molar-refractivity contribution in [3.8, 4) is 11.8 Å². The van der Waals surface area contributed by atoms with E-state index in [1.807, 2.05) is 24.4 Å². The maximum absolute atomic E-state index is 4.30. The SMILES string of the molecule is C[N+](C)(C)CCC#Cc1ccc2ncccc2c1. The molecule has 0 spiro atoms. The maximum atomic E-state index is 4.30. The van der Waals surface area contributed by atoms with Gasteiger partial charge in [-0.3, -0.25) is 4.98 Å². The Labute approximate surface area is 109 Å². The molecule has 0 fully saturated rings. The van der Waals surface area contributed by atoms with E-state index in [1.54, 1.807) is 0 Å². The fourth-order valence-corrected chi connectivity index (χ4v) is 1.71. The van der Waals surface area contributed by atoms with Gasteiger partial charge in [0.15, 0.2) is 0 Å². The Hall–Kier alpha value is -1.85. The van der Waals surface area contributed by atoms with Gasteiger partial charge < -0.3 is 4.48 Å². The second-order valence-electron chi connectivity index (χ2n) is 5.48. The van der Waals surface area contributed by atoms with Crippen LogP contribution in [0.4, 0.5) is 0 Å². The molecule has 2 nitrogen and oxygen atoms in total. The zero-order valence-corrected chi connectivity index (χ0v) is 11.3. The van der Waals surface area contributed by atoms with Crippen LogP contribution in [-0.4, -0.2) is 37.2 Å². The van der Waals surface area contributed by atoms with Crippen LogP contribution in [0, 0.1) is 11.8 Å². The van der Waals surface area contributed by atoms with E-state index in [0.29, 0.717) is 0 Å². The minimum atomic E-state index is 0.925. The molecule has 0 saturated carbocycles. The highest BCUT2D eigenvalue weighted by Crippen LogP contribution is 2.12. The van der Waals surface area contributed by atoms with Gasteiger partial charge in [0.1, 0.15) is 0 Å². The van der Waals surface area contributed by atoms with Gasteiger partial charge in [0, 0.05) is 17.1 Å². The van der Waals surface area contributed by atoms with Crippen molar-refractivity contribution >= 4 is 10.9 Å². The minimum Gasteiger partial charge on any atom is -0.330 e. The molecule has 18 heavy (non-hydrogen) atoms. The lowest BCUT2D eigenvalue weighted by atomic mass is 10.1. The van der Waals surface area contributed by atoms with Gasteiger partial charge in [-0.15, -0.1) is 0 Å². The third-order valence-corrected chi connectivity index (χ3v) is 2.74. The summed E-state index contributed by atoms with van der Waals surface area (Å²) in [6.45, 7) is 1.07. The molecule has 92 valence electrons. The van der Waals surface area contributed by atoms with E-state index < -0.39 is 0 Å².